The van der Waals surface area contributed by atoms with E-state index < -0.39 is 37.0 Å². The van der Waals surface area contributed by atoms with Gasteiger partial charge in [0.1, 0.15) is 6.04 Å². The van der Waals surface area contributed by atoms with Crippen LogP contribution in [0, 0.1) is 0 Å². The van der Waals surface area contributed by atoms with Crippen molar-refractivity contribution in [2.45, 2.75) is 32.7 Å². The number of aliphatic carboxylic acids is 3. The molecule has 19 heavy (non-hydrogen) atoms. The Kier molecular flexibility index (Phi) is 11.8. The molecule has 8 nitrogen and oxygen atoms in total. The highest BCUT2D eigenvalue weighted by molar-refractivity contribution is 5.73. The minimum absolute atomic E-state index is 0.00407. The van der Waals surface area contributed by atoms with Gasteiger partial charge >= 0.3 is 17.9 Å². The highest BCUT2D eigenvalue weighted by Crippen LogP contribution is 1.95. The molecular formula is C11H22N2O6. The fraction of sp³-hybridized carbons (Fsp3) is 0.727. The number of carboxylic acid groups (broad SMARTS) is 3. The lowest BCUT2D eigenvalue weighted by Crippen LogP contribution is -2.39. The Hall–Kier alpha value is -1.67. The molecule has 0 fully saturated rings. The van der Waals surface area contributed by atoms with Crippen LogP contribution in [-0.2, 0) is 14.4 Å². The van der Waals surface area contributed by atoms with Gasteiger partial charge in [0.2, 0.25) is 0 Å². The van der Waals surface area contributed by atoms with Crippen molar-refractivity contribution in [2.75, 3.05) is 19.6 Å². The fourth-order valence-electron chi connectivity index (χ4n) is 1.04. The van der Waals surface area contributed by atoms with Gasteiger partial charge in [-0.3, -0.25) is 19.3 Å². The zero-order chi connectivity index (χ0) is 15.4. The lowest BCUT2D eigenvalue weighted by atomic mass is 10.2. The molecule has 0 aromatic heterocycles. The van der Waals surface area contributed by atoms with Gasteiger partial charge in [-0.1, -0.05) is 20.3 Å². The van der Waals surface area contributed by atoms with Crippen molar-refractivity contribution in [3.05, 3.63) is 0 Å². The highest BCUT2D eigenvalue weighted by atomic mass is 16.4. The standard InChI is InChI=1S/C8H14N2O6.C3H8/c9-5(8(15)16)1-2-10(3-6(11)12)4-7(13)14;1-3-2/h5H,1-4,9H2,(H,11,12)(H,13,14)(H,15,16);3H2,1-2H3. The molecule has 0 aromatic carbocycles. The molecule has 0 heterocycles. The third-order valence-corrected chi connectivity index (χ3v) is 1.79. The third kappa shape index (κ3) is 14.3. The molecule has 1 unspecified atom stereocenters. The first kappa shape index (κ1) is 19.7. The number of hydrogen-bond donors (Lipinski definition) is 4. The number of carboxylic acids is 3. The Morgan fingerprint density at radius 1 is 1.05 bits per heavy atom. The molecule has 0 spiro atoms. The molecule has 0 rings (SSSR count). The van der Waals surface area contributed by atoms with Gasteiger partial charge in [0.15, 0.2) is 0 Å². The maximum absolute atomic E-state index is 10.4. The molecule has 0 bridgehead atoms. The second-order valence-electron chi connectivity index (χ2n) is 3.94. The summed E-state index contributed by atoms with van der Waals surface area (Å²) < 4.78 is 0. The fourth-order valence-corrected chi connectivity index (χ4v) is 1.04. The molecule has 0 aliphatic rings. The molecule has 8 heteroatoms. The summed E-state index contributed by atoms with van der Waals surface area (Å²) in [7, 11) is 0. The Morgan fingerprint density at radius 3 is 1.68 bits per heavy atom. The van der Waals surface area contributed by atoms with E-state index in [2.05, 4.69) is 13.8 Å². The SMILES string of the molecule is CCC.NC(CCN(CC(=O)O)CC(=O)O)C(=O)O. The first-order valence-electron chi connectivity index (χ1n) is 5.88. The van der Waals surface area contributed by atoms with Crippen LogP contribution in [0.2, 0.25) is 0 Å². The second-order valence-corrected chi connectivity index (χ2v) is 3.94. The third-order valence-electron chi connectivity index (χ3n) is 1.79. The number of rotatable bonds is 8. The largest absolute Gasteiger partial charge is 0.480 e. The van der Waals surface area contributed by atoms with Crippen molar-refractivity contribution in [3.8, 4) is 0 Å². The van der Waals surface area contributed by atoms with E-state index >= 15 is 0 Å². The van der Waals surface area contributed by atoms with Crippen molar-refractivity contribution in [3.63, 3.8) is 0 Å². The van der Waals surface area contributed by atoms with E-state index in [9.17, 15) is 14.4 Å². The Bertz CT molecular complexity index is 279. The molecule has 0 amide bonds. The number of carbonyl (C=O) groups is 3. The molecule has 0 aliphatic carbocycles. The minimum Gasteiger partial charge on any atom is -0.480 e. The number of nitrogens with zero attached hydrogens (tertiary/aromatic N) is 1. The number of nitrogens with two attached hydrogens (primary N) is 1. The van der Waals surface area contributed by atoms with Crippen molar-refractivity contribution in [1.82, 2.24) is 4.90 Å². The Labute approximate surface area is 111 Å². The van der Waals surface area contributed by atoms with Gasteiger partial charge in [-0.15, -0.1) is 0 Å². The molecule has 5 N–H and O–H groups in total. The van der Waals surface area contributed by atoms with Crippen LogP contribution in [0.3, 0.4) is 0 Å². The average Bonchev–Trinajstić information content (AvgIpc) is 2.24. The zero-order valence-electron chi connectivity index (χ0n) is 11.2. The molecule has 0 saturated heterocycles. The Balaban J connectivity index is 0. The quantitative estimate of drug-likeness (QED) is 0.473. The van der Waals surface area contributed by atoms with Crippen LogP contribution in [0.4, 0.5) is 0 Å². The second kappa shape index (κ2) is 11.4. The molecular weight excluding hydrogens is 256 g/mol. The summed E-state index contributed by atoms with van der Waals surface area (Å²) in [4.78, 5) is 32.3. The molecule has 1 atom stereocenters. The van der Waals surface area contributed by atoms with Crippen LogP contribution in [0.1, 0.15) is 26.7 Å². The van der Waals surface area contributed by atoms with E-state index in [-0.39, 0.29) is 13.0 Å². The van der Waals surface area contributed by atoms with E-state index in [1.807, 2.05) is 0 Å². The Morgan fingerprint density at radius 2 is 1.42 bits per heavy atom. The van der Waals surface area contributed by atoms with Crippen molar-refractivity contribution < 1.29 is 29.7 Å². The van der Waals surface area contributed by atoms with Crippen LogP contribution in [0.5, 0.6) is 0 Å². The molecule has 0 radical (unpaired) electrons. The van der Waals surface area contributed by atoms with Crippen LogP contribution in [-0.4, -0.2) is 63.8 Å². The molecule has 0 aliphatic heterocycles. The van der Waals surface area contributed by atoms with Crippen molar-refractivity contribution >= 4 is 17.9 Å². The monoisotopic (exact) mass is 278 g/mol. The summed E-state index contributed by atoms with van der Waals surface area (Å²) in [5.74, 6) is -3.55. The van der Waals surface area contributed by atoms with Gasteiger partial charge in [0.25, 0.3) is 0 Å². The van der Waals surface area contributed by atoms with E-state index in [1.165, 1.54) is 6.42 Å². The van der Waals surface area contributed by atoms with E-state index in [1.54, 1.807) is 0 Å². The first-order valence-corrected chi connectivity index (χ1v) is 5.88. The summed E-state index contributed by atoms with van der Waals surface area (Å²) in [6.07, 6.45) is 1.25. The summed E-state index contributed by atoms with van der Waals surface area (Å²) in [6.45, 7) is 3.34. The van der Waals surface area contributed by atoms with E-state index in [0.29, 0.717) is 0 Å². The number of hydrogen-bond acceptors (Lipinski definition) is 5. The maximum Gasteiger partial charge on any atom is 0.320 e. The predicted octanol–water partition coefficient (Wildman–Crippen LogP) is -0.324. The zero-order valence-corrected chi connectivity index (χ0v) is 11.2. The molecule has 0 aromatic rings. The average molecular weight is 278 g/mol. The lowest BCUT2D eigenvalue weighted by molar-refractivity contribution is -0.141. The topological polar surface area (TPSA) is 141 Å². The summed E-state index contributed by atoms with van der Waals surface area (Å²) in [5.41, 5.74) is 5.21. The van der Waals surface area contributed by atoms with Crippen LogP contribution >= 0.6 is 0 Å². The summed E-state index contributed by atoms with van der Waals surface area (Å²) in [6, 6.07) is -1.12. The lowest BCUT2D eigenvalue weighted by Gasteiger charge is -2.18. The van der Waals surface area contributed by atoms with Crippen molar-refractivity contribution in [2.24, 2.45) is 5.73 Å². The normalized spacial score (nSPS) is 11.4. The van der Waals surface area contributed by atoms with E-state index in [0.717, 1.165) is 4.90 Å². The maximum atomic E-state index is 10.4. The highest BCUT2D eigenvalue weighted by Gasteiger charge is 2.17. The van der Waals surface area contributed by atoms with Gasteiger partial charge in [-0.2, -0.15) is 0 Å². The van der Waals surface area contributed by atoms with Crippen LogP contribution in [0.15, 0.2) is 0 Å². The first-order chi connectivity index (χ1) is 8.74. The van der Waals surface area contributed by atoms with Gasteiger partial charge in [-0.25, -0.2) is 0 Å². The smallest absolute Gasteiger partial charge is 0.320 e. The van der Waals surface area contributed by atoms with Gasteiger partial charge in [0, 0.05) is 6.54 Å². The minimum atomic E-state index is -1.20. The predicted molar refractivity (Wildman–Crippen MR) is 67.9 cm³/mol. The summed E-state index contributed by atoms with van der Waals surface area (Å²) in [5, 5.41) is 25.5. The van der Waals surface area contributed by atoms with Gasteiger partial charge in [-0.05, 0) is 6.42 Å². The van der Waals surface area contributed by atoms with Crippen LogP contribution < -0.4 is 5.73 Å². The van der Waals surface area contributed by atoms with Crippen molar-refractivity contribution in [1.29, 1.82) is 0 Å². The van der Waals surface area contributed by atoms with Gasteiger partial charge < -0.3 is 21.1 Å². The van der Waals surface area contributed by atoms with E-state index in [4.69, 9.17) is 21.1 Å². The van der Waals surface area contributed by atoms with Gasteiger partial charge in [0.05, 0.1) is 13.1 Å². The van der Waals surface area contributed by atoms with Crippen LogP contribution in [0.25, 0.3) is 0 Å². The molecule has 0 saturated carbocycles. The summed E-state index contributed by atoms with van der Waals surface area (Å²) >= 11 is 0. The molecule has 112 valence electrons.